The van der Waals surface area contributed by atoms with E-state index in [1.54, 1.807) is 36.0 Å². The number of halogens is 2. The van der Waals surface area contributed by atoms with Crippen molar-refractivity contribution in [2.75, 3.05) is 13.1 Å². The molecule has 1 saturated heterocycles. The van der Waals surface area contributed by atoms with E-state index in [0.717, 1.165) is 61.5 Å². The number of H-pyrrole nitrogens is 2. The molecule has 0 saturated carbocycles. The zero-order chi connectivity index (χ0) is 25.9. The molecule has 0 unspecified atom stereocenters. The molecule has 0 atom stereocenters. The van der Waals surface area contributed by atoms with Crippen LogP contribution in [0.15, 0.2) is 61.6 Å². The number of aryl methyl sites for hydroxylation is 1. The summed E-state index contributed by atoms with van der Waals surface area (Å²) in [5.41, 5.74) is 6.68. The molecule has 0 bridgehead atoms. The summed E-state index contributed by atoms with van der Waals surface area (Å²) in [6.07, 6.45) is 10.6. The van der Waals surface area contributed by atoms with E-state index in [4.69, 9.17) is 0 Å². The zero-order valence-corrected chi connectivity index (χ0v) is 20.5. The monoisotopic (exact) mass is 511 g/mol. The third-order valence-electron chi connectivity index (χ3n) is 6.93. The summed E-state index contributed by atoms with van der Waals surface area (Å²) in [4.78, 5) is 23.1. The van der Waals surface area contributed by atoms with Gasteiger partial charge in [-0.05, 0) is 36.8 Å². The van der Waals surface area contributed by atoms with E-state index >= 15 is 0 Å². The van der Waals surface area contributed by atoms with Gasteiger partial charge in [-0.15, -0.1) is 0 Å². The Kier molecular flexibility index (Phi) is 5.08. The van der Waals surface area contributed by atoms with Crippen molar-refractivity contribution in [3.8, 4) is 28.5 Å². The van der Waals surface area contributed by atoms with Crippen LogP contribution in [0.4, 0.5) is 8.78 Å². The van der Waals surface area contributed by atoms with Gasteiger partial charge in [0, 0.05) is 60.6 Å². The van der Waals surface area contributed by atoms with Crippen molar-refractivity contribution in [3.05, 3.63) is 72.8 Å². The van der Waals surface area contributed by atoms with Crippen molar-refractivity contribution in [2.45, 2.75) is 25.8 Å². The Hall–Kier alpha value is -4.51. The zero-order valence-electron chi connectivity index (χ0n) is 20.5. The number of hydrogen-bond acceptors (Lipinski definition) is 6. The molecule has 7 heterocycles. The maximum atomic E-state index is 13.6. The number of likely N-dealkylation sites (tertiary alicyclic amines) is 1. The highest BCUT2D eigenvalue weighted by atomic mass is 19.3. The molecule has 1 fully saturated rings. The molecule has 190 valence electrons. The van der Waals surface area contributed by atoms with Gasteiger partial charge in [0.2, 0.25) is 0 Å². The van der Waals surface area contributed by atoms with E-state index in [9.17, 15) is 8.78 Å². The van der Waals surface area contributed by atoms with Gasteiger partial charge in [-0.1, -0.05) is 0 Å². The number of hydrogen-bond donors (Lipinski definition) is 2. The Morgan fingerprint density at radius 1 is 1.03 bits per heavy atom. The lowest BCUT2D eigenvalue weighted by Crippen LogP contribution is -2.24. The van der Waals surface area contributed by atoms with Crippen molar-refractivity contribution in [1.29, 1.82) is 0 Å². The van der Waals surface area contributed by atoms with E-state index in [1.165, 1.54) is 0 Å². The van der Waals surface area contributed by atoms with Crippen LogP contribution >= 0.6 is 0 Å². The van der Waals surface area contributed by atoms with Gasteiger partial charge in [0.25, 0.3) is 5.92 Å². The fourth-order valence-electron chi connectivity index (χ4n) is 5.10. The highest BCUT2D eigenvalue weighted by Gasteiger charge is 2.37. The Labute approximate surface area is 215 Å². The van der Waals surface area contributed by atoms with Crippen LogP contribution in [0, 0.1) is 6.92 Å². The second kappa shape index (κ2) is 8.52. The highest BCUT2D eigenvalue weighted by Crippen LogP contribution is 2.33. The molecule has 38 heavy (non-hydrogen) atoms. The summed E-state index contributed by atoms with van der Waals surface area (Å²) in [5, 5.41) is 9.50. The molecule has 0 spiro atoms. The maximum absolute atomic E-state index is 13.6. The number of aromatic amines is 2. The van der Waals surface area contributed by atoms with Crippen LogP contribution in [0.25, 0.3) is 50.3 Å². The quantitative estimate of drug-likeness (QED) is 0.341. The van der Waals surface area contributed by atoms with Crippen molar-refractivity contribution >= 4 is 21.8 Å². The van der Waals surface area contributed by atoms with Crippen LogP contribution in [-0.4, -0.2) is 63.6 Å². The molecule has 7 rings (SSSR count). The van der Waals surface area contributed by atoms with Crippen LogP contribution in [0.3, 0.4) is 0 Å². The number of nitrogens with zero attached hydrogens (tertiary/aromatic N) is 7. The molecule has 6 aromatic rings. The summed E-state index contributed by atoms with van der Waals surface area (Å²) in [6.45, 7) is 2.53. The van der Waals surface area contributed by atoms with Crippen LogP contribution < -0.4 is 0 Å². The molecule has 2 N–H and O–H groups in total. The maximum Gasteiger partial charge on any atom is 0.261 e. The lowest BCUT2D eigenvalue weighted by atomic mass is 10.1. The van der Waals surface area contributed by atoms with Crippen molar-refractivity contribution < 1.29 is 8.78 Å². The SMILES string of the molecule is Cc1cn(-c2nccc3[nH]c(-c4n[nH]c5cnc(-c6cncc(CN7CCC(F)(F)C7)c6)cc45)cc23)cn1. The molecule has 0 aromatic carbocycles. The molecule has 1 aliphatic rings. The van der Waals surface area contributed by atoms with Gasteiger partial charge < -0.3 is 4.98 Å². The van der Waals surface area contributed by atoms with Crippen LogP contribution in [0.1, 0.15) is 17.7 Å². The molecule has 0 amide bonds. The number of alkyl halides is 2. The number of pyridine rings is 3. The lowest BCUT2D eigenvalue weighted by Gasteiger charge is -2.15. The Morgan fingerprint density at radius 3 is 2.76 bits per heavy atom. The van der Waals surface area contributed by atoms with Gasteiger partial charge >= 0.3 is 0 Å². The van der Waals surface area contributed by atoms with Gasteiger partial charge in [-0.25, -0.2) is 18.7 Å². The normalized spacial score (nSPS) is 15.7. The number of aromatic nitrogens is 8. The predicted octanol–water partition coefficient (Wildman–Crippen LogP) is 4.90. The summed E-state index contributed by atoms with van der Waals surface area (Å²) < 4.78 is 29.2. The van der Waals surface area contributed by atoms with Crippen LogP contribution in [0.5, 0.6) is 0 Å². The van der Waals surface area contributed by atoms with Crippen molar-refractivity contribution in [3.63, 3.8) is 0 Å². The predicted molar refractivity (Wildman–Crippen MR) is 139 cm³/mol. The minimum absolute atomic E-state index is 0.102. The average molecular weight is 512 g/mol. The second-order valence-electron chi connectivity index (χ2n) is 9.79. The molecule has 9 nitrogen and oxygen atoms in total. The smallest absolute Gasteiger partial charge is 0.261 e. The molecular weight excluding hydrogens is 488 g/mol. The Morgan fingerprint density at radius 2 is 1.95 bits per heavy atom. The van der Waals surface area contributed by atoms with Gasteiger partial charge in [-0.3, -0.25) is 24.5 Å². The Balaban J connectivity index is 1.24. The lowest BCUT2D eigenvalue weighted by molar-refractivity contribution is 0.0115. The third kappa shape index (κ3) is 4.01. The van der Waals surface area contributed by atoms with E-state index in [0.29, 0.717) is 13.1 Å². The van der Waals surface area contributed by atoms with E-state index < -0.39 is 5.92 Å². The summed E-state index contributed by atoms with van der Waals surface area (Å²) in [5.74, 6) is -1.83. The fourth-order valence-corrected chi connectivity index (χ4v) is 5.10. The number of fused-ring (bicyclic) bond motifs is 2. The van der Waals surface area contributed by atoms with Crippen LogP contribution in [0.2, 0.25) is 0 Å². The average Bonchev–Trinajstić information content (AvgIpc) is 3.69. The first-order valence-corrected chi connectivity index (χ1v) is 12.3. The highest BCUT2D eigenvalue weighted by molar-refractivity contribution is 5.98. The molecule has 1 aliphatic heterocycles. The van der Waals surface area contributed by atoms with Gasteiger partial charge in [-0.2, -0.15) is 5.10 Å². The molecular formula is C27H23F2N9. The number of imidazole rings is 1. The summed E-state index contributed by atoms with van der Waals surface area (Å²) in [7, 11) is 0. The van der Waals surface area contributed by atoms with Crippen molar-refractivity contribution in [2.24, 2.45) is 0 Å². The number of nitrogens with one attached hydrogen (secondary N) is 2. The topological polar surface area (TPSA) is 104 Å². The standard InChI is InChI=1S/C27H23F2N9/c1-16-12-38(15-33-16)26-20-8-23(34-21(20)2-4-31-26)25-19-7-22(32-11-24(19)35-36-25)18-6-17(9-30-10-18)13-37-5-3-27(28,29)14-37/h2,4,6-12,15,34H,3,5,13-14H2,1H3,(H,35,36). The van der Waals surface area contributed by atoms with E-state index in [-0.39, 0.29) is 13.0 Å². The fraction of sp³-hybridized carbons (Fsp3) is 0.222. The van der Waals surface area contributed by atoms with Crippen LogP contribution in [-0.2, 0) is 6.54 Å². The third-order valence-corrected chi connectivity index (χ3v) is 6.93. The molecule has 0 aliphatic carbocycles. The van der Waals surface area contributed by atoms with Crippen molar-refractivity contribution in [1.82, 2.24) is 44.6 Å². The largest absolute Gasteiger partial charge is 0.353 e. The van der Waals surface area contributed by atoms with Gasteiger partial charge in [0.05, 0.1) is 40.9 Å². The minimum atomic E-state index is -2.62. The van der Waals surface area contributed by atoms with E-state index in [2.05, 4.69) is 35.1 Å². The van der Waals surface area contributed by atoms with E-state index in [1.807, 2.05) is 42.0 Å². The molecule has 0 radical (unpaired) electrons. The first-order valence-electron chi connectivity index (χ1n) is 12.3. The first kappa shape index (κ1) is 22.7. The summed E-state index contributed by atoms with van der Waals surface area (Å²) in [6, 6.07) is 7.91. The first-order chi connectivity index (χ1) is 18.4. The Bertz CT molecular complexity index is 1800. The molecule has 6 aromatic heterocycles. The minimum Gasteiger partial charge on any atom is -0.353 e. The number of rotatable bonds is 5. The molecule has 11 heteroatoms. The second-order valence-corrected chi connectivity index (χ2v) is 9.79. The van der Waals surface area contributed by atoms with Gasteiger partial charge in [0.1, 0.15) is 17.8 Å². The van der Waals surface area contributed by atoms with Gasteiger partial charge in [0.15, 0.2) is 0 Å². The summed E-state index contributed by atoms with van der Waals surface area (Å²) >= 11 is 0.